The number of ether oxygens (including phenoxy) is 1. The summed E-state index contributed by atoms with van der Waals surface area (Å²) in [7, 11) is 0. The van der Waals surface area contributed by atoms with Crippen LogP contribution in [0.1, 0.15) is 68.9 Å². The van der Waals surface area contributed by atoms with Gasteiger partial charge in [-0.1, -0.05) is 36.9 Å². The molecule has 0 aromatic carbocycles. The van der Waals surface area contributed by atoms with Crippen molar-refractivity contribution in [1.82, 2.24) is 15.5 Å². The van der Waals surface area contributed by atoms with Crippen molar-refractivity contribution < 1.29 is 14.4 Å². The zero-order chi connectivity index (χ0) is 20.6. The molecule has 2 heterocycles. The van der Waals surface area contributed by atoms with E-state index in [-0.39, 0.29) is 0 Å². The van der Waals surface area contributed by atoms with Gasteiger partial charge >= 0.3 is 0 Å². The maximum absolute atomic E-state index is 9.94. The second kappa shape index (κ2) is 15.5. The fourth-order valence-corrected chi connectivity index (χ4v) is 3.38. The monoisotopic (exact) mass is 467 g/mol. The molecule has 2 aromatic rings. The molecule has 0 amide bonds. The molecule has 0 spiro atoms. The SMILES string of the molecule is OC(CNCCCCCCOCCCCCCc1ccccn1)c1cc(Br)no1. The number of hydrogen-bond acceptors (Lipinski definition) is 6. The maximum atomic E-state index is 9.94. The quantitative estimate of drug-likeness (QED) is 0.324. The van der Waals surface area contributed by atoms with Gasteiger partial charge in [-0.3, -0.25) is 4.98 Å². The summed E-state index contributed by atoms with van der Waals surface area (Å²) in [5, 5.41) is 16.9. The van der Waals surface area contributed by atoms with E-state index in [1.807, 2.05) is 12.3 Å². The minimum Gasteiger partial charge on any atom is -0.384 e. The Kier molecular flexibility index (Phi) is 12.9. The van der Waals surface area contributed by atoms with Crippen LogP contribution in [0.25, 0.3) is 0 Å². The summed E-state index contributed by atoms with van der Waals surface area (Å²) >= 11 is 3.21. The van der Waals surface area contributed by atoms with Crippen molar-refractivity contribution in [2.45, 2.75) is 63.9 Å². The summed E-state index contributed by atoms with van der Waals surface area (Å²) in [5.41, 5.74) is 1.19. The topological polar surface area (TPSA) is 80.4 Å². The van der Waals surface area contributed by atoms with E-state index < -0.39 is 6.10 Å². The van der Waals surface area contributed by atoms with E-state index in [4.69, 9.17) is 9.26 Å². The highest BCUT2D eigenvalue weighted by Crippen LogP contribution is 2.16. The average Bonchev–Trinajstić information content (AvgIpc) is 3.18. The van der Waals surface area contributed by atoms with Crippen LogP contribution < -0.4 is 5.32 Å². The zero-order valence-corrected chi connectivity index (χ0v) is 18.8. The highest BCUT2D eigenvalue weighted by Gasteiger charge is 2.12. The van der Waals surface area contributed by atoms with Crippen LogP contribution in [0.5, 0.6) is 0 Å². The van der Waals surface area contributed by atoms with Crippen LogP contribution in [0.3, 0.4) is 0 Å². The summed E-state index contributed by atoms with van der Waals surface area (Å²) < 4.78 is 11.3. The number of pyridine rings is 1. The summed E-state index contributed by atoms with van der Waals surface area (Å²) in [6, 6.07) is 7.80. The molecule has 2 aromatic heterocycles. The van der Waals surface area contributed by atoms with Crippen LogP contribution in [0.2, 0.25) is 0 Å². The van der Waals surface area contributed by atoms with E-state index in [1.165, 1.54) is 37.8 Å². The number of nitrogens with zero attached hydrogens (tertiary/aromatic N) is 2. The molecule has 0 aliphatic carbocycles. The molecule has 2 rings (SSSR count). The largest absolute Gasteiger partial charge is 0.384 e. The molecular weight excluding hydrogens is 434 g/mol. The van der Waals surface area contributed by atoms with Crippen molar-refractivity contribution in [3.05, 3.63) is 46.5 Å². The van der Waals surface area contributed by atoms with Gasteiger partial charge in [-0.2, -0.15) is 0 Å². The number of hydrogen-bond donors (Lipinski definition) is 2. The Balaban J connectivity index is 1.28. The van der Waals surface area contributed by atoms with Gasteiger partial charge in [0.15, 0.2) is 5.76 Å². The standard InChI is InChI=1S/C22H34BrN3O3/c23-22-17-21(29-26-22)20(27)18-24-13-7-2-4-10-16-28-15-9-3-1-5-11-19-12-6-8-14-25-19/h6,8,12,14,17,20,24,27H,1-5,7,9-11,13,15-16,18H2. The number of halogens is 1. The van der Waals surface area contributed by atoms with Crippen molar-refractivity contribution in [2.75, 3.05) is 26.3 Å². The fourth-order valence-electron chi connectivity index (χ4n) is 3.08. The molecule has 0 saturated heterocycles. The third-order valence-electron chi connectivity index (χ3n) is 4.76. The van der Waals surface area contributed by atoms with Crippen molar-refractivity contribution in [1.29, 1.82) is 0 Å². The maximum Gasteiger partial charge on any atom is 0.167 e. The van der Waals surface area contributed by atoms with Crippen LogP contribution in [0.4, 0.5) is 0 Å². The highest BCUT2D eigenvalue weighted by atomic mass is 79.9. The van der Waals surface area contributed by atoms with Gasteiger partial charge in [0.1, 0.15) is 10.7 Å². The lowest BCUT2D eigenvalue weighted by molar-refractivity contribution is 0.125. The lowest BCUT2D eigenvalue weighted by atomic mass is 10.1. The van der Waals surface area contributed by atoms with Gasteiger partial charge in [0.2, 0.25) is 0 Å². The van der Waals surface area contributed by atoms with Crippen LogP contribution in [0.15, 0.2) is 39.6 Å². The van der Waals surface area contributed by atoms with Gasteiger partial charge in [0.25, 0.3) is 0 Å². The summed E-state index contributed by atoms with van der Waals surface area (Å²) in [4.78, 5) is 4.35. The molecule has 2 N–H and O–H groups in total. The molecule has 0 bridgehead atoms. The first kappa shape index (κ1) is 24.0. The molecule has 0 radical (unpaired) electrons. The molecule has 6 nitrogen and oxygen atoms in total. The molecule has 7 heteroatoms. The first-order chi connectivity index (χ1) is 14.3. The van der Waals surface area contributed by atoms with Crippen molar-refractivity contribution in [2.24, 2.45) is 0 Å². The fraction of sp³-hybridized carbons (Fsp3) is 0.636. The third-order valence-corrected chi connectivity index (χ3v) is 5.13. The van der Waals surface area contributed by atoms with Gasteiger partial charge in [0, 0.05) is 37.7 Å². The number of aliphatic hydroxyl groups excluding tert-OH is 1. The summed E-state index contributed by atoms with van der Waals surface area (Å²) in [5.74, 6) is 0.481. The Labute approximate surface area is 182 Å². The van der Waals surface area contributed by atoms with E-state index in [0.717, 1.165) is 45.4 Å². The van der Waals surface area contributed by atoms with E-state index in [0.29, 0.717) is 16.9 Å². The second-order valence-corrected chi connectivity index (χ2v) is 8.10. The van der Waals surface area contributed by atoms with Crippen molar-refractivity contribution in [3.63, 3.8) is 0 Å². The molecule has 29 heavy (non-hydrogen) atoms. The van der Waals surface area contributed by atoms with E-state index in [9.17, 15) is 5.11 Å². The Bertz CT molecular complexity index is 639. The minimum atomic E-state index is -0.655. The average molecular weight is 468 g/mol. The number of aromatic nitrogens is 2. The van der Waals surface area contributed by atoms with Gasteiger partial charge < -0.3 is 19.7 Å². The number of aryl methyl sites for hydroxylation is 1. The molecule has 0 aliphatic heterocycles. The number of unbranched alkanes of at least 4 members (excludes halogenated alkanes) is 6. The Morgan fingerprint density at radius 2 is 1.79 bits per heavy atom. The predicted octanol–water partition coefficient (Wildman–Crippen LogP) is 4.84. The first-order valence-electron chi connectivity index (χ1n) is 10.7. The Morgan fingerprint density at radius 1 is 1.03 bits per heavy atom. The summed E-state index contributed by atoms with van der Waals surface area (Å²) in [6.07, 6.45) is 11.7. The Hall–Kier alpha value is -1.28. The molecule has 0 saturated carbocycles. The Morgan fingerprint density at radius 3 is 2.48 bits per heavy atom. The molecular formula is C22H34BrN3O3. The van der Waals surface area contributed by atoms with E-state index in [1.54, 1.807) is 6.07 Å². The lowest BCUT2D eigenvalue weighted by Crippen LogP contribution is -2.22. The molecule has 1 unspecified atom stereocenters. The number of nitrogens with one attached hydrogen (secondary N) is 1. The van der Waals surface area contributed by atoms with Crippen molar-refractivity contribution >= 4 is 15.9 Å². The minimum absolute atomic E-state index is 0.479. The van der Waals surface area contributed by atoms with E-state index in [2.05, 4.69) is 43.5 Å². The molecule has 0 fully saturated rings. The zero-order valence-electron chi connectivity index (χ0n) is 17.2. The normalized spacial score (nSPS) is 12.3. The van der Waals surface area contributed by atoms with Gasteiger partial charge in [-0.05, 0) is 66.7 Å². The summed E-state index contributed by atoms with van der Waals surface area (Å²) in [6.45, 7) is 3.11. The lowest BCUT2D eigenvalue weighted by Gasteiger charge is -2.08. The third kappa shape index (κ3) is 11.5. The van der Waals surface area contributed by atoms with E-state index >= 15 is 0 Å². The van der Waals surface area contributed by atoms with Crippen LogP contribution >= 0.6 is 15.9 Å². The second-order valence-electron chi connectivity index (χ2n) is 7.28. The molecule has 1 atom stereocenters. The predicted molar refractivity (Wildman–Crippen MR) is 118 cm³/mol. The van der Waals surface area contributed by atoms with Gasteiger partial charge in [0.05, 0.1) is 0 Å². The van der Waals surface area contributed by atoms with Crippen LogP contribution in [-0.4, -0.2) is 41.6 Å². The number of aliphatic hydroxyl groups is 1. The smallest absolute Gasteiger partial charge is 0.167 e. The van der Waals surface area contributed by atoms with Gasteiger partial charge in [-0.15, -0.1) is 0 Å². The van der Waals surface area contributed by atoms with Gasteiger partial charge in [-0.25, -0.2) is 0 Å². The number of rotatable bonds is 17. The molecule has 162 valence electrons. The van der Waals surface area contributed by atoms with Crippen LogP contribution in [0, 0.1) is 0 Å². The highest BCUT2D eigenvalue weighted by molar-refractivity contribution is 9.10. The first-order valence-corrected chi connectivity index (χ1v) is 11.5. The van der Waals surface area contributed by atoms with Crippen molar-refractivity contribution in [3.8, 4) is 0 Å². The molecule has 0 aliphatic rings. The van der Waals surface area contributed by atoms with Crippen LogP contribution in [-0.2, 0) is 11.2 Å².